The Morgan fingerprint density at radius 2 is 1.65 bits per heavy atom. The van der Waals surface area contributed by atoms with Crippen LogP contribution in [0.5, 0.6) is 0 Å². The van der Waals surface area contributed by atoms with Gasteiger partial charge in [0.05, 0.1) is 4.90 Å². The molecule has 1 heterocycles. The Balaban J connectivity index is 1.67. The zero-order chi connectivity index (χ0) is 22.8. The Labute approximate surface area is 184 Å². The van der Waals surface area contributed by atoms with Crippen LogP contribution >= 0.6 is 0 Å². The maximum atomic E-state index is 12.9. The van der Waals surface area contributed by atoms with Crippen LogP contribution in [-0.4, -0.2) is 37.5 Å². The van der Waals surface area contributed by atoms with E-state index in [1.165, 1.54) is 35.5 Å². The van der Waals surface area contributed by atoms with Crippen molar-refractivity contribution >= 4 is 27.4 Å². The smallest absolute Gasteiger partial charge is 0.243 e. The minimum Gasteiger partial charge on any atom is -0.325 e. The van der Waals surface area contributed by atoms with E-state index in [1.807, 2.05) is 25.1 Å². The summed E-state index contributed by atoms with van der Waals surface area (Å²) in [6.07, 6.45) is 0.943. The van der Waals surface area contributed by atoms with Gasteiger partial charge in [-0.3, -0.25) is 9.59 Å². The molecule has 1 saturated heterocycles. The van der Waals surface area contributed by atoms with E-state index in [9.17, 15) is 18.0 Å². The number of benzene rings is 2. The highest BCUT2D eigenvalue weighted by Crippen LogP contribution is 2.30. The van der Waals surface area contributed by atoms with Crippen molar-refractivity contribution in [2.45, 2.75) is 51.3 Å². The van der Waals surface area contributed by atoms with Gasteiger partial charge in [-0.2, -0.15) is 4.31 Å². The summed E-state index contributed by atoms with van der Waals surface area (Å²) in [7, 11) is -3.65. The molecule has 0 radical (unpaired) electrons. The average Bonchev–Trinajstić information content (AvgIpc) is 2.75. The molecule has 2 aromatic rings. The molecule has 0 bridgehead atoms. The third-order valence-electron chi connectivity index (χ3n) is 5.90. The quantitative estimate of drug-likeness (QED) is 0.674. The minimum atomic E-state index is -3.65. The third-order valence-corrected chi connectivity index (χ3v) is 7.81. The molecule has 1 N–H and O–H groups in total. The first-order valence-electron chi connectivity index (χ1n) is 10.6. The summed E-state index contributed by atoms with van der Waals surface area (Å²) in [5, 5.41) is 3.09. The SMILES string of the molecule is CC(=O)c1ccc(S(=O)(=O)N2CCC(C(=O)Nc3c(C)cccc3C(C)C)CC2)cc1. The molecule has 166 valence electrons. The fourth-order valence-corrected chi connectivity index (χ4v) is 5.41. The molecular weight excluding hydrogens is 412 g/mol. The normalized spacial score (nSPS) is 15.8. The number of anilines is 1. The molecular formula is C24H30N2O4S. The second-order valence-electron chi connectivity index (χ2n) is 8.44. The van der Waals surface area contributed by atoms with Crippen molar-refractivity contribution in [2.24, 2.45) is 5.92 Å². The van der Waals surface area contributed by atoms with Gasteiger partial charge in [0.15, 0.2) is 5.78 Å². The van der Waals surface area contributed by atoms with Crippen LogP contribution in [0, 0.1) is 12.8 Å². The first-order valence-corrected chi connectivity index (χ1v) is 12.1. The Morgan fingerprint density at radius 1 is 1.03 bits per heavy atom. The number of nitrogens with one attached hydrogen (secondary N) is 1. The molecule has 2 aromatic carbocycles. The van der Waals surface area contributed by atoms with Gasteiger partial charge in [0, 0.05) is 30.3 Å². The molecule has 0 aromatic heterocycles. The van der Waals surface area contributed by atoms with Crippen LogP contribution in [-0.2, 0) is 14.8 Å². The van der Waals surface area contributed by atoms with Gasteiger partial charge in [0.1, 0.15) is 0 Å². The van der Waals surface area contributed by atoms with Crippen LogP contribution in [0.4, 0.5) is 5.69 Å². The van der Waals surface area contributed by atoms with Gasteiger partial charge in [-0.15, -0.1) is 0 Å². The van der Waals surface area contributed by atoms with Gasteiger partial charge < -0.3 is 5.32 Å². The summed E-state index contributed by atoms with van der Waals surface area (Å²) in [6, 6.07) is 12.0. The predicted molar refractivity (Wildman–Crippen MR) is 122 cm³/mol. The first-order chi connectivity index (χ1) is 14.6. The number of hydrogen-bond donors (Lipinski definition) is 1. The molecule has 6 nitrogen and oxygen atoms in total. The lowest BCUT2D eigenvalue weighted by Crippen LogP contribution is -2.41. The number of aryl methyl sites for hydroxylation is 1. The van der Waals surface area contributed by atoms with E-state index in [-0.39, 0.29) is 28.4 Å². The molecule has 0 atom stereocenters. The van der Waals surface area contributed by atoms with Crippen molar-refractivity contribution in [3.8, 4) is 0 Å². The number of Topliss-reactive ketones (excluding diaryl/α,β-unsaturated/α-hetero) is 1. The number of para-hydroxylation sites is 1. The molecule has 0 spiro atoms. The summed E-state index contributed by atoms with van der Waals surface area (Å²) in [6.45, 7) is 8.20. The minimum absolute atomic E-state index is 0.0564. The lowest BCUT2D eigenvalue weighted by molar-refractivity contribution is -0.120. The third kappa shape index (κ3) is 5.05. The zero-order valence-electron chi connectivity index (χ0n) is 18.5. The van der Waals surface area contributed by atoms with E-state index in [1.54, 1.807) is 0 Å². The van der Waals surface area contributed by atoms with E-state index < -0.39 is 10.0 Å². The van der Waals surface area contributed by atoms with Gasteiger partial charge in [-0.05, 0) is 55.9 Å². The van der Waals surface area contributed by atoms with Gasteiger partial charge in [-0.1, -0.05) is 44.2 Å². The van der Waals surface area contributed by atoms with Gasteiger partial charge in [0.25, 0.3) is 0 Å². The molecule has 31 heavy (non-hydrogen) atoms. The number of rotatable bonds is 6. The molecule has 3 rings (SSSR count). The van der Waals surface area contributed by atoms with E-state index in [0.717, 1.165) is 16.8 Å². The maximum absolute atomic E-state index is 12.9. The lowest BCUT2D eigenvalue weighted by Gasteiger charge is -2.31. The number of sulfonamides is 1. The molecule has 7 heteroatoms. The molecule has 0 aliphatic carbocycles. The number of ketones is 1. The highest BCUT2D eigenvalue weighted by atomic mass is 32.2. The Kier molecular flexibility index (Phi) is 6.96. The largest absolute Gasteiger partial charge is 0.325 e. The molecule has 1 fully saturated rings. The summed E-state index contributed by atoms with van der Waals surface area (Å²) < 4.78 is 27.3. The van der Waals surface area contributed by atoms with Crippen molar-refractivity contribution in [1.82, 2.24) is 4.31 Å². The Morgan fingerprint density at radius 3 is 2.19 bits per heavy atom. The summed E-state index contributed by atoms with van der Waals surface area (Å²) in [5.74, 6) is -0.105. The van der Waals surface area contributed by atoms with Crippen LogP contribution in [0.15, 0.2) is 47.4 Å². The number of amides is 1. The zero-order valence-corrected chi connectivity index (χ0v) is 19.3. The van der Waals surface area contributed by atoms with Crippen molar-refractivity contribution in [2.75, 3.05) is 18.4 Å². The van der Waals surface area contributed by atoms with Crippen LogP contribution in [0.1, 0.15) is 61.0 Å². The molecule has 1 aliphatic rings. The highest BCUT2D eigenvalue weighted by molar-refractivity contribution is 7.89. The summed E-state index contributed by atoms with van der Waals surface area (Å²) in [4.78, 5) is 24.5. The van der Waals surface area contributed by atoms with Crippen molar-refractivity contribution in [1.29, 1.82) is 0 Å². The van der Waals surface area contributed by atoms with Gasteiger partial charge in [0.2, 0.25) is 15.9 Å². The number of carbonyl (C=O) groups excluding carboxylic acids is 2. The van der Waals surface area contributed by atoms with E-state index in [0.29, 0.717) is 31.5 Å². The summed E-state index contributed by atoms with van der Waals surface area (Å²) in [5.41, 5.74) is 3.46. The number of hydrogen-bond acceptors (Lipinski definition) is 4. The number of carbonyl (C=O) groups is 2. The highest BCUT2D eigenvalue weighted by Gasteiger charge is 2.32. The second-order valence-corrected chi connectivity index (χ2v) is 10.4. The van der Waals surface area contributed by atoms with Crippen LogP contribution in [0.3, 0.4) is 0 Å². The number of nitrogens with zero attached hydrogens (tertiary/aromatic N) is 1. The van der Waals surface area contributed by atoms with E-state index in [2.05, 4.69) is 19.2 Å². The standard InChI is InChI=1S/C24H30N2O4S/c1-16(2)22-7-5-6-17(3)23(22)25-24(28)20-12-14-26(15-13-20)31(29,30)21-10-8-19(9-11-21)18(4)27/h5-11,16,20H,12-15H2,1-4H3,(H,25,28). The Bertz CT molecular complexity index is 1070. The van der Waals surface area contributed by atoms with Crippen LogP contribution in [0.25, 0.3) is 0 Å². The molecule has 1 amide bonds. The lowest BCUT2D eigenvalue weighted by atomic mass is 9.95. The Hall–Kier alpha value is -2.51. The van der Waals surface area contributed by atoms with Crippen LogP contribution in [0.2, 0.25) is 0 Å². The predicted octanol–water partition coefficient (Wildman–Crippen LogP) is 4.36. The average molecular weight is 443 g/mol. The topological polar surface area (TPSA) is 83.6 Å². The fraction of sp³-hybridized carbons (Fsp3) is 0.417. The number of piperidine rings is 1. The van der Waals surface area contributed by atoms with Crippen molar-refractivity contribution in [3.05, 3.63) is 59.2 Å². The van der Waals surface area contributed by atoms with Gasteiger partial charge in [-0.25, -0.2) is 8.42 Å². The second kappa shape index (κ2) is 9.32. The fourth-order valence-electron chi connectivity index (χ4n) is 3.94. The molecule has 1 aliphatic heterocycles. The molecule has 0 unspecified atom stereocenters. The summed E-state index contributed by atoms with van der Waals surface area (Å²) >= 11 is 0. The monoisotopic (exact) mass is 442 g/mol. The van der Waals surface area contributed by atoms with E-state index >= 15 is 0 Å². The maximum Gasteiger partial charge on any atom is 0.243 e. The first kappa shape index (κ1) is 23.2. The van der Waals surface area contributed by atoms with Crippen molar-refractivity contribution < 1.29 is 18.0 Å². The van der Waals surface area contributed by atoms with Crippen molar-refractivity contribution in [3.63, 3.8) is 0 Å². The molecule has 0 saturated carbocycles. The van der Waals surface area contributed by atoms with Gasteiger partial charge >= 0.3 is 0 Å². The van der Waals surface area contributed by atoms with Crippen LogP contribution < -0.4 is 5.32 Å². The van der Waals surface area contributed by atoms with E-state index in [4.69, 9.17) is 0 Å².